The van der Waals surface area contributed by atoms with Gasteiger partial charge in [0.1, 0.15) is 23.0 Å². The van der Waals surface area contributed by atoms with E-state index in [2.05, 4.69) is 201 Å². The summed E-state index contributed by atoms with van der Waals surface area (Å²) in [5, 5.41) is 12.1. The highest BCUT2D eigenvalue weighted by Gasteiger charge is 2.46. The number of hydrogen-bond acceptors (Lipinski definition) is 5. The highest BCUT2D eigenvalue weighted by Crippen LogP contribution is 2.61. The van der Waals surface area contributed by atoms with E-state index in [9.17, 15) is 5.11 Å². The minimum Gasteiger partial charge on any atom is -0.507 e. The van der Waals surface area contributed by atoms with Crippen molar-refractivity contribution in [1.29, 1.82) is 0 Å². The lowest BCUT2D eigenvalue weighted by molar-refractivity contribution is 0.282. The zero-order chi connectivity index (χ0) is 48.5. The van der Waals surface area contributed by atoms with Gasteiger partial charge in [0.25, 0.3) is 0 Å². The van der Waals surface area contributed by atoms with Gasteiger partial charge >= 0.3 is 7.82 Å². The third-order valence-corrected chi connectivity index (χ3v) is 16.6. The van der Waals surface area contributed by atoms with Crippen molar-refractivity contribution in [3.8, 4) is 23.0 Å². The number of fused-ring (bicyclic) bond motifs is 2. The molecule has 1 N–H and O–H groups in total. The van der Waals surface area contributed by atoms with Gasteiger partial charge in [-0.1, -0.05) is 198 Å². The molecule has 0 radical (unpaired) electrons. The second-order valence-corrected chi connectivity index (χ2v) is 25.4. The summed E-state index contributed by atoms with van der Waals surface area (Å²) < 4.78 is 38.3. The second kappa shape index (κ2) is 17.5. The Balaban J connectivity index is 1.98. The molecule has 1 unspecified atom stereocenters. The van der Waals surface area contributed by atoms with E-state index < -0.39 is 13.2 Å². The minimum atomic E-state index is -4.63. The van der Waals surface area contributed by atoms with E-state index in [0.29, 0.717) is 17.2 Å². The van der Waals surface area contributed by atoms with Gasteiger partial charge in [-0.25, -0.2) is 0 Å². The van der Waals surface area contributed by atoms with Gasteiger partial charge in [-0.3, -0.25) is 0 Å². The van der Waals surface area contributed by atoms with Crippen molar-refractivity contribution in [2.75, 3.05) is 0 Å². The summed E-state index contributed by atoms with van der Waals surface area (Å²) in [4.78, 5) is 0. The molecule has 0 saturated heterocycles. The summed E-state index contributed by atoms with van der Waals surface area (Å²) in [5.41, 5.74) is 10.3. The number of rotatable bonds is 12. The summed E-state index contributed by atoms with van der Waals surface area (Å²) >= 11 is 0. The van der Waals surface area contributed by atoms with Crippen molar-refractivity contribution >= 4 is 7.82 Å². The fourth-order valence-corrected chi connectivity index (χ4v) is 10.3. The number of aryl methyl sites for hydroxylation is 2. The average molecular weight is 893 g/mol. The standard InChI is InChI=1S/C58H85O5P/c1-23-55(15,16)39-31-43-38(8)44-32-40(56(17,18)24-2)34-48(58(21,22)26-4)52(44)63-64(60,62-51(43)47(33-39)57(19,20)25-3)61-50-42(28-36(6)30-46(50)54(12,13)14)37(7)41-27-35(5)29-45(49(41)59)53(9,10)11/h27-34,37-38,59H,23-26H2,1-22H3. The molecule has 1 aliphatic rings. The van der Waals surface area contributed by atoms with Crippen molar-refractivity contribution in [2.24, 2.45) is 0 Å². The molecule has 4 aromatic carbocycles. The Morgan fingerprint density at radius 1 is 0.562 bits per heavy atom. The highest BCUT2D eigenvalue weighted by atomic mass is 31.2. The summed E-state index contributed by atoms with van der Waals surface area (Å²) in [6, 6.07) is 17.6. The van der Waals surface area contributed by atoms with E-state index in [1.165, 1.54) is 11.1 Å². The maximum absolute atomic E-state index is 16.7. The first-order chi connectivity index (χ1) is 29.2. The molecule has 1 atom stereocenters. The fourth-order valence-electron chi connectivity index (χ4n) is 8.94. The van der Waals surface area contributed by atoms with Gasteiger partial charge in [0.2, 0.25) is 0 Å². The van der Waals surface area contributed by atoms with Gasteiger partial charge in [0.15, 0.2) is 0 Å². The molecule has 5 nitrogen and oxygen atoms in total. The predicted octanol–water partition coefficient (Wildman–Crippen LogP) is 17.6. The average Bonchev–Trinajstić information content (AvgIpc) is 3.19. The molecule has 0 aromatic heterocycles. The van der Waals surface area contributed by atoms with Crippen LogP contribution in [-0.2, 0) is 37.1 Å². The number of phenolic OH excluding ortho intramolecular Hbond substituents is 1. The molecule has 0 aliphatic carbocycles. The molecule has 1 aliphatic heterocycles. The van der Waals surface area contributed by atoms with Crippen LogP contribution >= 0.6 is 7.82 Å². The number of aromatic hydroxyl groups is 1. The largest absolute Gasteiger partial charge is 0.647 e. The molecule has 352 valence electrons. The normalized spacial score (nSPS) is 18.0. The molecule has 0 saturated carbocycles. The summed E-state index contributed by atoms with van der Waals surface area (Å²) in [7, 11) is -4.63. The van der Waals surface area contributed by atoms with Crippen LogP contribution in [0.3, 0.4) is 0 Å². The van der Waals surface area contributed by atoms with Gasteiger partial charge in [0, 0.05) is 50.8 Å². The van der Waals surface area contributed by atoms with E-state index in [1.807, 2.05) is 0 Å². The van der Waals surface area contributed by atoms with Crippen LogP contribution in [0.15, 0.2) is 48.5 Å². The molecule has 64 heavy (non-hydrogen) atoms. The molecule has 1 heterocycles. The highest BCUT2D eigenvalue weighted by molar-refractivity contribution is 7.49. The van der Waals surface area contributed by atoms with Crippen molar-refractivity contribution in [2.45, 2.75) is 222 Å². The van der Waals surface area contributed by atoms with Crippen LogP contribution < -0.4 is 13.6 Å². The summed E-state index contributed by atoms with van der Waals surface area (Å²) in [5.74, 6) is 1.37. The van der Waals surface area contributed by atoms with Crippen LogP contribution in [0.5, 0.6) is 23.0 Å². The third kappa shape index (κ3) is 9.87. The first-order valence-corrected chi connectivity index (χ1v) is 25.7. The van der Waals surface area contributed by atoms with Gasteiger partial charge < -0.3 is 18.7 Å². The van der Waals surface area contributed by atoms with E-state index in [0.717, 1.165) is 81.3 Å². The van der Waals surface area contributed by atoms with E-state index in [-0.39, 0.29) is 44.7 Å². The van der Waals surface area contributed by atoms with Crippen LogP contribution in [0.25, 0.3) is 0 Å². The summed E-state index contributed by atoms with van der Waals surface area (Å²) in [6.45, 7) is 48.5. The maximum atomic E-state index is 16.7. The molecule has 0 spiro atoms. The zero-order valence-corrected chi connectivity index (χ0v) is 45.0. The third-order valence-electron chi connectivity index (χ3n) is 15.4. The number of phosphoric ester groups is 1. The smallest absolute Gasteiger partial charge is 0.507 e. The van der Waals surface area contributed by atoms with Crippen molar-refractivity contribution in [1.82, 2.24) is 0 Å². The van der Waals surface area contributed by atoms with Gasteiger partial charge in [0.05, 0.1) is 0 Å². The van der Waals surface area contributed by atoms with Crippen LogP contribution in [0.1, 0.15) is 243 Å². The molecular weight excluding hydrogens is 808 g/mol. The van der Waals surface area contributed by atoms with Crippen molar-refractivity contribution in [3.63, 3.8) is 0 Å². The molecule has 0 amide bonds. The van der Waals surface area contributed by atoms with E-state index >= 15 is 4.57 Å². The van der Waals surface area contributed by atoms with Crippen LogP contribution in [0.4, 0.5) is 0 Å². The van der Waals surface area contributed by atoms with Crippen LogP contribution in [-0.4, -0.2) is 5.11 Å². The first kappa shape index (κ1) is 51.3. The lowest BCUT2D eigenvalue weighted by atomic mass is 9.72. The van der Waals surface area contributed by atoms with Gasteiger partial charge in [-0.15, -0.1) is 0 Å². The van der Waals surface area contributed by atoms with E-state index in [4.69, 9.17) is 13.6 Å². The van der Waals surface area contributed by atoms with Crippen LogP contribution in [0, 0.1) is 13.8 Å². The Kier molecular flexibility index (Phi) is 14.0. The Labute approximate surface area is 390 Å². The molecule has 0 bridgehead atoms. The Hall–Kier alpha value is -3.69. The van der Waals surface area contributed by atoms with E-state index in [1.54, 1.807) is 0 Å². The van der Waals surface area contributed by atoms with Gasteiger partial charge in [-0.2, -0.15) is 4.57 Å². The SMILES string of the molecule is CCC(C)(C)c1cc2c(c(C(C)(C)CC)c1)OP(=O)(Oc1c(C(C)c3cc(C)cc(C(C)(C)C)c3O)cc(C)cc1C(C)(C)C)Oc1c(cc(C(C)(C)CC)cc1C(C)(C)CC)C2C. The second-order valence-electron chi connectivity index (χ2n) is 24.0. The predicted molar refractivity (Wildman–Crippen MR) is 272 cm³/mol. The molecular formula is C58H85O5P. The lowest BCUT2D eigenvalue weighted by Crippen LogP contribution is -2.27. The zero-order valence-electron chi connectivity index (χ0n) is 44.1. The molecule has 5 rings (SSSR count). The maximum Gasteiger partial charge on any atom is 0.647 e. The molecule has 4 aromatic rings. The minimum absolute atomic E-state index is 0.126. The molecule has 6 heteroatoms. The number of hydrogen-bond donors (Lipinski definition) is 1. The lowest BCUT2D eigenvalue weighted by Gasteiger charge is -2.38. The van der Waals surface area contributed by atoms with Crippen LogP contribution in [0.2, 0.25) is 0 Å². The number of phenols is 1. The van der Waals surface area contributed by atoms with Crippen molar-refractivity contribution in [3.05, 3.63) is 115 Å². The van der Waals surface area contributed by atoms with Crippen molar-refractivity contribution < 1.29 is 23.2 Å². The monoisotopic (exact) mass is 893 g/mol. The van der Waals surface area contributed by atoms with Gasteiger partial charge in [-0.05, 0) is 88.7 Å². The Bertz CT molecular complexity index is 2340. The number of phosphoric acid groups is 1. The Morgan fingerprint density at radius 2 is 0.938 bits per heavy atom. The molecule has 0 fully saturated rings. The quantitative estimate of drug-likeness (QED) is 0.144. The first-order valence-electron chi connectivity index (χ1n) is 24.2. The summed E-state index contributed by atoms with van der Waals surface area (Å²) in [6.07, 6.45) is 3.58. The Morgan fingerprint density at radius 3 is 1.31 bits per heavy atom. The topological polar surface area (TPSA) is 65.0 Å². The number of benzene rings is 4. The fraction of sp³-hybridized carbons (Fsp3) is 0.586.